The Morgan fingerprint density at radius 3 is 2.45 bits per heavy atom. The topological polar surface area (TPSA) is 29.3 Å². The average molecular weight is 270 g/mol. The van der Waals surface area contributed by atoms with Crippen LogP contribution in [-0.2, 0) is 0 Å². The number of rotatable bonds is 5. The minimum atomic E-state index is 0.0388. The molecule has 0 aliphatic rings. The van der Waals surface area contributed by atoms with Gasteiger partial charge in [-0.1, -0.05) is 49.4 Å². The Labute approximate surface area is 122 Å². The van der Waals surface area contributed by atoms with Crippen molar-refractivity contribution < 1.29 is 0 Å². The van der Waals surface area contributed by atoms with E-state index < -0.39 is 0 Å². The predicted molar refractivity (Wildman–Crippen MR) is 87.9 cm³/mol. The van der Waals surface area contributed by atoms with Crippen LogP contribution in [0.5, 0.6) is 0 Å². The van der Waals surface area contributed by atoms with Crippen LogP contribution in [0.25, 0.3) is 10.8 Å². The Bertz CT molecular complexity index is 569. The predicted octanol–water partition coefficient (Wildman–Crippen LogP) is 3.96. The van der Waals surface area contributed by atoms with Gasteiger partial charge in [-0.3, -0.25) is 4.90 Å². The van der Waals surface area contributed by atoms with Crippen molar-refractivity contribution in [1.29, 1.82) is 0 Å². The lowest BCUT2D eigenvalue weighted by atomic mass is 9.96. The summed E-state index contributed by atoms with van der Waals surface area (Å²) >= 11 is 0. The zero-order valence-electron chi connectivity index (χ0n) is 13.1. The van der Waals surface area contributed by atoms with Gasteiger partial charge in [-0.15, -0.1) is 0 Å². The zero-order chi connectivity index (χ0) is 14.8. The SMILES string of the molecule is CCC(C)(C)N(C)CC(N)c1cccc2ccccc12. The Balaban J connectivity index is 2.26. The molecule has 0 fully saturated rings. The molecule has 20 heavy (non-hydrogen) atoms. The third-order valence-electron chi connectivity index (χ3n) is 4.59. The molecule has 0 saturated heterocycles. The van der Waals surface area contributed by atoms with Crippen LogP contribution in [0.1, 0.15) is 38.8 Å². The van der Waals surface area contributed by atoms with Crippen molar-refractivity contribution in [1.82, 2.24) is 4.90 Å². The first-order chi connectivity index (χ1) is 9.45. The number of hydrogen-bond acceptors (Lipinski definition) is 2. The van der Waals surface area contributed by atoms with Crippen LogP contribution >= 0.6 is 0 Å². The maximum atomic E-state index is 6.47. The van der Waals surface area contributed by atoms with Crippen LogP contribution in [0.4, 0.5) is 0 Å². The molecule has 0 aromatic heterocycles. The van der Waals surface area contributed by atoms with Gasteiger partial charge < -0.3 is 5.73 Å². The van der Waals surface area contributed by atoms with Gasteiger partial charge >= 0.3 is 0 Å². The number of nitrogens with two attached hydrogens (primary N) is 1. The van der Waals surface area contributed by atoms with Gasteiger partial charge in [-0.25, -0.2) is 0 Å². The van der Waals surface area contributed by atoms with Gasteiger partial charge in [0.15, 0.2) is 0 Å². The highest BCUT2D eigenvalue weighted by atomic mass is 15.2. The summed E-state index contributed by atoms with van der Waals surface area (Å²) in [4.78, 5) is 2.36. The molecule has 0 radical (unpaired) electrons. The van der Waals surface area contributed by atoms with E-state index in [9.17, 15) is 0 Å². The third-order valence-corrected chi connectivity index (χ3v) is 4.59. The number of hydrogen-bond donors (Lipinski definition) is 1. The van der Waals surface area contributed by atoms with E-state index in [0.29, 0.717) is 0 Å². The fourth-order valence-electron chi connectivity index (χ4n) is 2.48. The van der Waals surface area contributed by atoms with Crippen LogP contribution in [0.15, 0.2) is 42.5 Å². The molecule has 0 amide bonds. The molecule has 2 nitrogen and oxygen atoms in total. The lowest BCUT2D eigenvalue weighted by Gasteiger charge is -2.36. The van der Waals surface area contributed by atoms with Gasteiger partial charge in [0.25, 0.3) is 0 Å². The van der Waals surface area contributed by atoms with Crippen molar-refractivity contribution in [2.24, 2.45) is 5.73 Å². The first kappa shape index (κ1) is 15.0. The molecule has 108 valence electrons. The Morgan fingerprint density at radius 2 is 1.75 bits per heavy atom. The van der Waals surface area contributed by atoms with E-state index in [4.69, 9.17) is 5.73 Å². The monoisotopic (exact) mass is 270 g/mol. The largest absolute Gasteiger partial charge is 0.323 e. The molecule has 1 atom stereocenters. The van der Waals surface area contributed by atoms with Crippen LogP contribution in [0.2, 0.25) is 0 Å². The summed E-state index contributed by atoms with van der Waals surface area (Å²) < 4.78 is 0. The lowest BCUT2D eigenvalue weighted by molar-refractivity contribution is 0.142. The van der Waals surface area contributed by atoms with Gasteiger partial charge in [0.05, 0.1) is 0 Å². The first-order valence-electron chi connectivity index (χ1n) is 7.40. The average Bonchev–Trinajstić information content (AvgIpc) is 2.46. The van der Waals surface area contributed by atoms with Gasteiger partial charge in [0.2, 0.25) is 0 Å². The number of nitrogens with zero attached hydrogens (tertiary/aromatic N) is 1. The standard InChI is InChI=1S/C18H26N2/c1-5-18(2,3)20(4)13-17(19)16-12-8-10-14-9-6-7-11-15(14)16/h6-12,17H,5,13,19H2,1-4H3. The van der Waals surface area contributed by atoms with Crippen LogP contribution in [0, 0.1) is 0 Å². The molecule has 0 heterocycles. The van der Waals surface area contributed by atoms with Crippen molar-refractivity contribution in [3.05, 3.63) is 48.0 Å². The summed E-state index contributed by atoms with van der Waals surface area (Å²) in [6.07, 6.45) is 1.12. The molecule has 2 N–H and O–H groups in total. The van der Waals surface area contributed by atoms with Gasteiger partial charge in [-0.05, 0) is 43.7 Å². The first-order valence-corrected chi connectivity index (χ1v) is 7.40. The minimum absolute atomic E-state index is 0.0388. The lowest BCUT2D eigenvalue weighted by Crippen LogP contribution is -2.44. The zero-order valence-corrected chi connectivity index (χ0v) is 13.1. The number of fused-ring (bicyclic) bond motifs is 1. The van der Waals surface area contributed by atoms with Crippen molar-refractivity contribution >= 4 is 10.8 Å². The normalized spacial score (nSPS) is 13.9. The smallest absolute Gasteiger partial charge is 0.0430 e. The molecule has 1 unspecified atom stereocenters. The van der Waals surface area contributed by atoms with E-state index in [1.165, 1.54) is 16.3 Å². The summed E-state index contributed by atoms with van der Waals surface area (Å²) in [5.74, 6) is 0. The second kappa shape index (κ2) is 5.94. The molecule has 0 aliphatic carbocycles. The van der Waals surface area contributed by atoms with Crippen molar-refractivity contribution in [2.75, 3.05) is 13.6 Å². The molecule has 0 bridgehead atoms. The van der Waals surface area contributed by atoms with Gasteiger partial charge in [0, 0.05) is 18.1 Å². The second-order valence-electron chi connectivity index (χ2n) is 6.22. The van der Waals surface area contributed by atoms with Crippen molar-refractivity contribution in [3.8, 4) is 0 Å². The Hall–Kier alpha value is -1.38. The van der Waals surface area contributed by atoms with Crippen LogP contribution in [-0.4, -0.2) is 24.0 Å². The minimum Gasteiger partial charge on any atom is -0.323 e. The van der Waals surface area contributed by atoms with Gasteiger partial charge in [-0.2, -0.15) is 0 Å². The molecule has 2 aromatic rings. The highest BCUT2D eigenvalue weighted by Crippen LogP contribution is 2.25. The van der Waals surface area contributed by atoms with Gasteiger partial charge in [0.1, 0.15) is 0 Å². The van der Waals surface area contributed by atoms with E-state index in [-0.39, 0.29) is 11.6 Å². The van der Waals surface area contributed by atoms with E-state index in [2.05, 4.69) is 75.2 Å². The molecular formula is C18H26N2. The van der Waals surface area contributed by atoms with E-state index in [1.54, 1.807) is 0 Å². The molecular weight excluding hydrogens is 244 g/mol. The molecule has 0 spiro atoms. The molecule has 0 saturated carbocycles. The fraction of sp³-hybridized carbons (Fsp3) is 0.444. The van der Waals surface area contributed by atoms with Crippen molar-refractivity contribution in [3.63, 3.8) is 0 Å². The highest BCUT2D eigenvalue weighted by Gasteiger charge is 2.23. The number of benzene rings is 2. The maximum absolute atomic E-state index is 6.47. The Morgan fingerprint density at radius 1 is 1.10 bits per heavy atom. The summed E-state index contributed by atoms with van der Waals surface area (Å²) in [7, 11) is 2.16. The summed E-state index contributed by atoms with van der Waals surface area (Å²) in [5.41, 5.74) is 7.89. The summed E-state index contributed by atoms with van der Waals surface area (Å²) in [5, 5.41) is 2.53. The maximum Gasteiger partial charge on any atom is 0.0430 e. The summed E-state index contributed by atoms with van der Waals surface area (Å²) in [6, 6.07) is 14.9. The fourth-order valence-corrected chi connectivity index (χ4v) is 2.48. The number of likely N-dealkylation sites (N-methyl/N-ethyl adjacent to an activating group) is 1. The molecule has 2 heteroatoms. The highest BCUT2D eigenvalue weighted by molar-refractivity contribution is 5.86. The van der Waals surface area contributed by atoms with E-state index in [1.807, 2.05) is 0 Å². The molecule has 2 aromatic carbocycles. The Kier molecular flexibility index (Phi) is 4.46. The van der Waals surface area contributed by atoms with E-state index in [0.717, 1.165) is 13.0 Å². The van der Waals surface area contributed by atoms with E-state index >= 15 is 0 Å². The quantitative estimate of drug-likeness (QED) is 0.891. The van der Waals surface area contributed by atoms with Crippen LogP contribution in [0.3, 0.4) is 0 Å². The summed E-state index contributed by atoms with van der Waals surface area (Å²) in [6.45, 7) is 7.63. The second-order valence-corrected chi connectivity index (χ2v) is 6.22. The van der Waals surface area contributed by atoms with Crippen LogP contribution < -0.4 is 5.73 Å². The molecule has 0 aliphatic heterocycles. The molecule has 2 rings (SSSR count). The third kappa shape index (κ3) is 3.02. The van der Waals surface area contributed by atoms with Crippen molar-refractivity contribution in [2.45, 2.75) is 38.8 Å².